The van der Waals surface area contributed by atoms with Gasteiger partial charge in [-0.2, -0.15) is 4.31 Å². The molecule has 0 spiro atoms. The lowest BCUT2D eigenvalue weighted by Gasteiger charge is -2.18. The van der Waals surface area contributed by atoms with Gasteiger partial charge in [-0.05, 0) is 41.8 Å². The van der Waals surface area contributed by atoms with Crippen LogP contribution in [0.3, 0.4) is 0 Å². The molecule has 0 atom stereocenters. The van der Waals surface area contributed by atoms with Crippen molar-refractivity contribution < 1.29 is 22.7 Å². The zero-order chi connectivity index (χ0) is 22.1. The minimum absolute atomic E-state index is 0.0865. The number of aryl methyl sites for hydroxylation is 1. The van der Waals surface area contributed by atoms with E-state index in [1.54, 1.807) is 44.6 Å². The molecule has 0 saturated carbocycles. The number of nitrogens with zero attached hydrogens (tertiary/aromatic N) is 1. The molecule has 8 heteroatoms. The lowest BCUT2D eigenvalue weighted by molar-refractivity contribution is -0.121. The van der Waals surface area contributed by atoms with E-state index in [0.717, 1.165) is 11.1 Å². The highest BCUT2D eigenvalue weighted by molar-refractivity contribution is 7.89. The molecule has 0 aliphatic rings. The van der Waals surface area contributed by atoms with Gasteiger partial charge in [-0.3, -0.25) is 4.79 Å². The molecule has 0 saturated heterocycles. The summed E-state index contributed by atoms with van der Waals surface area (Å²) in [7, 11) is -0.308. The molecule has 0 fully saturated rings. The van der Waals surface area contributed by atoms with Crippen LogP contribution in [0.1, 0.15) is 31.4 Å². The van der Waals surface area contributed by atoms with Crippen molar-refractivity contribution in [1.29, 1.82) is 0 Å². The number of benzene rings is 2. The van der Waals surface area contributed by atoms with Gasteiger partial charge in [0.05, 0.1) is 19.1 Å². The van der Waals surface area contributed by atoms with Crippen molar-refractivity contribution in [2.24, 2.45) is 0 Å². The van der Waals surface area contributed by atoms with Crippen LogP contribution in [0.2, 0.25) is 0 Å². The molecule has 0 heterocycles. The fourth-order valence-electron chi connectivity index (χ4n) is 3.06. The Morgan fingerprint density at radius 3 is 2.00 bits per heavy atom. The second-order valence-corrected chi connectivity index (χ2v) is 8.67. The Bertz CT molecular complexity index is 916. The zero-order valence-electron chi connectivity index (χ0n) is 18.0. The van der Waals surface area contributed by atoms with Crippen molar-refractivity contribution >= 4 is 15.9 Å². The number of carbonyl (C=O) groups excluding carboxylic acids is 1. The predicted molar refractivity (Wildman–Crippen MR) is 116 cm³/mol. The van der Waals surface area contributed by atoms with Gasteiger partial charge in [0, 0.05) is 32.1 Å². The molecule has 1 N–H and O–H groups in total. The van der Waals surface area contributed by atoms with Gasteiger partial charge in [0.2, 0.25) is 15.9 Å². The van der Waals surface area contributed by atoms with Gasteiger partial charge in [-0.1, -0.05) is 26.0 Å². The van der Waals surface area contributed by atoms with Gasteiger partial charge >= 0.3 is 0 Å². The van der Waals surface area contributed by atoms with Gasteiger partial charge < -0.3 is 14.8 Å². The van der Waals surface area contributed by atoms with Crippen molar-refractivity contribution in [1.82, 2.24) is 9.62 Å². The first-order chi connectivity index (χ1) is 14.3. The average Bonchev–Trinajstić information content (AvgIpc) is 2.76. The highest BCUT2D eigenvalue weighted by atomic mass is 32.2. The van der Waals surface area contributed by atoms with E-state index in [2.05, 4.69) is 5.32 Å². The number of methoxy groups -OCH3 is 2. The van der Waals surface area contributed by atoms with E-state index >= 15 is 0 Å². The number of ether oxygens (including phenoxy) is 2. The van der Waals surface area contributed by atoms with Gasteiger partial charge in [-0.25, -0.2) is 8.42 Å². The lowest BCUT2D eigenvalue weighted by atomic mass is 10.1. The third kappa shape index (κ3) is 6.21. The maximum Gasteiger partial charge on any atom is 0.243 e. The summed E-state index contributed by atoms with van der Waals surface area (Å²) in [6.07, 6.45) is 0.835. The van der Waals surface area contributed by atoms with E-state index in [9.17, 15) is 13.2 Å². The second-order valence-electron chi connectivity index (χ2n) is 6.73. The van der Waals surface area contributed by atoms with E-state index in [1.165, 1.54) is 4.31 Å². The van der Waals surface area contributed by atoms with Crippen molar-refractivity contribution in [2.75, 3.05) is 27.3 Å². The Kier molecular flexibility index (Phi) is 8.68. The standard InChI is InChI=1S/C22H30N2O5S/c1-5-24(6-2)30(26,27)21-10-7-17(8-11-21)9-12-22(25)23-16-18-13-19(28-3)15-20(14-18)29-4/h7-8,10-11,13-15H,5-6,9,12,16H2,1-4H3,(H,23,25). The summed E-state index contributed by atoms with van der Waals surface area (Å²) in [5, 5.41) is 2.89. The number of rotatable bonds is 11. The molecule has 0 aliphatic carbocycles. The Morgan fingerprint density at radius 1 is 0.933 bits per heavy atom. The fourth-order valence-corrected chi connectivity index (χ4v) is 4.51. The number of hydrogen-bond donors (Lipinski definition) is 1. The third-order valence-corrected chi connectivity index (χ3v) is 6.87. The number of amides is 1. The van der Waals surface area contributed by atoms with E-state index < -0.39 is 10.0 Å². The summed E-state index contributed by atoms with van der Waals surface area (Å²) in [6, 6.07) is 12.2. The van der Waals surface area contributed by atoms with E-state index in [4.69, 9.17) is 9.47 Å². The molecule has 0 unspecified atom stereocenters. The first-order valence-corrected chi connectivity index (χ1v) is 11.4. The van der Waals surface area contributed by atoms with Crippen LogP contribution in [0.5, 0.6) is 11.5 Å². The SMILES string of the molecule is CCN(CC)S(=O)(=O)c1ccc(CCC(=O)NCc2cc(OC)cc(OC)c2)cc1. The summed E-state index contributed by atoms with van der Waals surface area (Å²) in [5.74, 6) is 1.24. The van der Waals surface area contributed by atoms with Crippen LogP contribution in [0.25, 0.3) is 0 Å². The molecule has 2 aromatic rings. The first kappa shape index (κ1) is 23.7. The molecule has 2 aromatic carbocycles. The van der Waals surface area contributed by atoms with Crippen molar-refractivity contribution in [3.8, 4) is 11.5 Å². The van der Waals surface area contributed by atoms with E-state index in [1.807, 2.05) is 26.0 Å². The van der Waals surface area contributed by atoms with E-state index in [0.29, 0.717) is 44.0 Å². The third-order valence-electron chi connectivity index (χ3n) is 4.81. The first-order valence-electron chi connectivity index (χ1n) is 9.91. The molecule has 30 heavy (non-hydrogen) atoms. The maximum absolute atomic E-state index is 12.5. The normalized spacial score (nSPS) is 11.4. The van der Waals surface area contributed by atoms with Gasteiger partial charge in [0.25, 0.3) is 0 Å². The molecule has 2 rings (SSSR count). The monoisotopic (exact) mass is 434 g/mol. The minimum Gasteiger partial charge on any atom is -0.497 e. The van der Waals surface area contributed by atoms with Crippen LogP contribution in [0.15, 0.2) is 47.4 Å². The largest absolute Gasteiger partial charge is 0.497 e. The van der Waals surface area contributed by atoms with Crippen molar-refractivity contribution in [3.05, 3.63) is 53.6 Å². The Balaban J connectivity index is 1.91. The van der Waals surface area contributed by atoms with Crippen LogP contribution in [0.4, 0.5) is 0 Å². The highest BCUT2D eigenvalue weighted by Gasteiger charge is 2.21. The summed E-state index contributed by atoms with van der Waals surface area (Å²) >= 11 is 0. The number of hydrogen-bond acceptors (Lipinski definition) is 5. The number of carbonyl (C=O) groups is 1. The smallest absolute Gasteiger partial charge is 0.243 e. The van der Waals surface area contributed by atoms with Crippen molar-refractivity contribution in [2.45, 2.75) is 38.1 Å². The molecule has 0 aromatic heterocycles. The fraction of sp³-hybridized carbons (Fsp3) is 0.409. The van der Waals surface area contributed by atoms with Gasteiger partial charge in [-0.15, -0.1) is 0 Å². The Labute approximate surface area is 179 Å². The average molecular weight is 435 g/mol. The van der Waals surface area contributed by atoms with Gasteiger partial charge in [0.15, 0.2) is 0 Å². The summed E-state index contributed by atoms with van der Waals surface area (Å²) in [4.78, 5) is 12.5. The molecular weight excluding hydrogens is 404 g/mol. The number of nitrogens with one attached hydrogen (secondary N) is 1. The zero-order valence-corrected chi connectivity index (χ0v) is 18.8. The Hall–Kier alpha value is -2.58. The number of sulfonamides is 1. The second kappa shape index (κ2) is 11.0. The minimum atomic E-state index is -3.47. The predicted octanol–water partition coefficient (Wildman–Crippen LogP) is 2.98. The van der Waals surface area contributed by atoms with Crippen molar-refractivity contribution in [3.63, 3.8) is 0 Å². The van der Waals surface area contributed by atoms with Gasteiger partial charge in [0.1, 0.15) is 11.5 Å². The summed E-state index contributed by atoms with van der Waals surface area (Å²) in [5.41, 5.74) is 1.79. The summed E-state index contributed by atoms with van der Waals surface area (Å²) < 4.78 is 36.9. The molecule has 1 amide bonds. The highest BCUT2D eigenvalue weighted by Crippen LogP contribution is 2.22. The van der Waals surface area contributed by atoms with Crippen LogP contribution in [-0.4, -0.2) is 45.9 Å². The molecule has 0 bridgehead atoms. The van der Waals surface area contributed by atoms with E-state index in [-0.39, 0.29) is 10.8 Å². The summed E-state index contributed by atoms with van der Waals surface area (Å²) in [6.45, 7) is 4.86. The quantitative estimate of drug-likeness (QED) is 0.588. The lowest BCUT2D eigenvalue weighted by Crippen LogP contribution is -2.30. The van der Waals surface area contributed by atoms with Crippen LogP contribution in [0, 0.1) is 0 Å². The Morgan fingerprint density at radius 2 is 1.50 bits per heavy atom. The molecule has 0 radical (unpaired) electrons. The topological polar surface area (TPSA) is 84.9 Å². The van der Waals surface area contributed by atoms with Crippen LogP contribution < -0.4 is 14.8 Å². The maximum atomic E-state index is 12.5. The van der Waals surface area contributed by atoms with Crippen LogP contribution in [-0.2, 0) is 27.8 Å². The molecule has 0 aliphatic heterocycles. The van der Waals surface area contributed by atoms with Crippen LogP contribution >= 0.6 is 0 Å². The molecule has 164 valence electrons. The molecular formula is C22H30N2O5S. The molecule has 7 nitrogen and oxygen atoms in total.